The van der Waals surface area contributed by atoms with Crippen LogP contribution in [-0.2, 0) is 16.0 Å². The Morgan fingerprint density at radius 2 is 1.73 bits per heavy atom. The normalized spacial score (nSPS) is 10.2. The van der Waals surface area contributed by atoms with Crippen LogP contribution in [0.5, 0.6) is 5.75 Å². The molecule has 2 amide bonds. The number of carbonyl (C=O) groups is 2. The molecule has 26 heavy (non-hydrogen) atoms. The van der Waals surface area contributed by atoms with Crippen molar-refractivity contribution in [2.75, 3.05) is 25.5 Å². The summed E-state index contributed by atoms with van der Waals surface area (Å²) in [7, 11) is 1.56. The highest BCUT2D eigenvalue weighted by molar-refractivity contribution is 5.95. The molecular formula is C21H26N2O3. The smallest absolute Gasteiger partial charge is 0.244 e. The van der Waals surface area contributed by atoms with Gasteiger partial charge in [-0.1, -0.05) is 49.4 Å². The number of hydrogen-bond acceptors (Lipinski definition) is 3. The quantitative estimate of drug-likeness (QED) is 0.750. The predicted octanol–water partition coefficient (Wildman–Crippen LogP) is 3.51. The fourth-order valence-electron chi connectivity index (χ4n) is 2.73. The molecule has 0 bridgehead atoms. The number of nitrogens with zero attached hydrogens (tertiary/aromatic N) is 1. The molecule has 138 valence electrons. The standard InChI is InChI=1S/C21H26N2O3/c1-3-15-23(21(25)14-13-17-9-5-4-6-10-17)16-20(24)22-18-11-7-8-12-19(18)26-2/h4-12H,3,13-16H2,1-2H3,(H,22,24). The largest absolute Gasteiger partial charge is 0.495 e. The molecule has 1 N–H and O–H groups in total. The molecule has 0 aliphatic heterocycles. The van der Waals surface area contributed by atoms with Crippen LogP contribution in [0.3, 0.4) is 0 Å². The number of aryl methyl sites for hydroxylation is 1. The summed E-state index contributed by atoms with van der Waals surface area (Å²) >= 11 is 0. The number of rotatable bonds is 9. The Bertz CT molecular complexity index is 716. The van der Waals surface area contributed by atoms with Gasteiger partial charge < -0.3 is 15.0 Å². The minimum atomic E-state index is -0.226. The molecule has 0 saturated heterocycles. The second-order valence-corrected chi connectivity index (χ2v) is 6.05. The predicted molar refractivity (Wildman–Crippen MR) is 103 cm³/mol. The van der Waals surface area contributed by atoms with E-state index < -0.39 is 0 Å². The molecule has 0 saturated carbocycles. The lowest BCUT2D eigenvalue weighted by atomic mass is 10.1. The maximum atomic E-state index is 12.5. The Labute approximate surface area is 155 Å². The van der Waals surface area contributed by atoms with E-state index >= 15 is 0 Å². The number of hydrogen-bond donors (Lipinski definition) is 1. The van der Waals surface area contributed by atoms with Gasteiger partial charge in [0.1, 0.15) is 5.75 Å². The van der Waals surface area contributed by atoms with Crippen molar-refractivity contribution in [3.63, 3.8) is 0 Å². The first-order valence-electron chi connectivity index (χ1n) is 8.88. The first-order chi connectivity index (χ1) is 12.6. The molecule has 5 heteroatoms. The highest BCUT2D eigenvalue weighted by Gasteiger charge is 2.17. The molecular weight excluding hydrogens is 328 g/mol. The van der Waals surface area contributed by atoms with E-state index in [1.54, 1.807) is 24.1 Å². The van der Waals surface area contributed by atoms with Gasteiger partial charge in [-0.15, -0.1) is 0 Å². The number of nitrogens with one attached hydrogen (secondary N) is 1. The lowest BCUT2D eigenvalue weighted by Crippen LogP contribution is -2.38. The van der Waals surface area contributed by atoms with Crippen molar-refractivity contribution in [1.29, 1.82) is 0 Å². The molecule has 2 aromatic rings. The SMILES string of the molecule is CCCN(CC(=O)Nc1ccccc1OC)C(=O)CCc1ccccc1. The summed E-state index contributed by atoms with van der Waals surface area (Å²) < 4.78 is 5.24. The molecule has 0 unspecified atom stereocenters. The van der Waals surface area contributed by atoms with E-state index in [1.165, 1.54) is 0 Å². The zero-order valence-electron chi connectivity index (χ0n) is 15.4. The van der Waals surface area contributed by atoms with Gasteiger partial charge in [-0.05, 0) is 30.5 Å². The molecule has 0 radical (unpaired) electrons. The van der Waals surface area contributed by atoms with Crippen LogP contribution in [0, 0.1) is 0 Å². The van der Waals surface area contributed by atoms with Gasteiger partial charge in [-0.3, -0.25) is 9.59 Å². The van der Waals surface area contributed by atoms with Gasteiger partial charge >= 0.3 is 0 Å². The molecule has 0 fully saturated rings. The fourth-order valence-corrected chi connectivity index (χ4v) is 2.73. The number of methoxy groups -OCH3 is 1. The summed E-state index contributed by atoms with van der Waals surface area (Å²) in [5.41, 5.74) is 1.73. The lowest BCUT2D eigenvalue weighted by Gasteiger charge is -2.22. The van der Waals surface area contributed by atoms with Gasteiger partial charge in [0, 0.05) is 13.0 Å². The Balaban J connectivity index is 1.93. The number of para-hydroxylation sites is 2. The molecule has 2 aromatic carbocycles. The van der Waals surface area contributed by atoms with Crippen LogP contribution in [0.2, 0.25) is 0 Å². The second kappa shape index (κ2) is 10.2. The summed E-state index contributed by atoms with van der Waals surface area (Å²) in [5.74, 6) is 0.361. The Kier molecular flexibility index (Phi) is 7.68. The number of benzene rings is 2. The van der Waals surface area contributed by atoms with E-state index in [0.29, 0.717) is 30.8 Å². The van der Waals surface area contributed by atoms with Crippen LogP contribution < -0.4 is 10.1 Å². The molecule has 2 rings (SSSR count). The summed E-state index contributed by atoms with van der Waals surface area (Å²) in [6.45, 7) is 2.60. The Morgan fingerprint density at radius 1 is 1.04 bits per heavy atom. The van der Waals surface area contributed by atoms with E-state index in [9.17, 15) is 9.59 Å². The molecule has 0 aromatic heterocycles. The van der Waals surface area contributed by atoms with Crippen LogP contribution in [0.4, 0.5) is 5.69 Å². The van der Waals surface area contributed by atoms with Gasteiger partial charge in [-0.2, -0.15) is 0 Å². The maximum absolute atomic E-state index is 12.5. The molecule has 5 nitrogen and oxygen atoms in total. The van der Waals surface area contributed by atoms with Crippen LogP contribution in [-0.4, -0.2) is 36.9 Å². The Morgan fingerprint density at radius 3 is 2.42 bits per heavy atom. The third-order valence-corrected chi connectivity index (χ3v) is 4.03. The van der Waals surface area contributed by atoms with E-state index in [-0.39, 0.29) is 18.4 Å². The first-order valence-corrected chi connectivity index (χ1v) is 8.88. The van der Waals surface area contributed by atoms with E-state index in [4.69, 9.17) is 4.74 Å². The van der Waals surface area contributed by atoms with Crippen molar-refractivity contribution >= 4 is 17.5 Å². The summed E-state index contributed by atoms with van der Waals surface area (Å²) in [6.07, 6.45) is 1.87. The molecule has 0 spiro atoms. The van der Waals surface area contributed by atoms with Crippen molar-refractivity contribution in [3.05, 3.63) is 60.2 Å². The minimum absolute atomic E-state index is 0.00844. The summed E-state index contributed by atoms with van der Waals surface area (Å²) in [5, 5.41) is 2.82. The summed E-state index contributed by atoms with van der Waals surface area (Å²) in [4.78, 5) is 26.5. The average molecular weight is 354 g/mol. The van der Waals surface area contributed by atoms with Gasteiger partial charge in [-0.25, -0.2) is 0 Å². The van der Waals surface area contributed by atoms with Crippen LogP contribution in [0.25, 0.3) is 0 Å². The number of ether oxygens (including phenoxy) is 1. The molecule has 0 heterocycles. The van der Waals surface area contributed by atoms with Gasteiger partial charge in [0.2, 0.25) is 11.8 Å². The van der Waals surface area contributed by atoms with Crippen LogP contribution >= 0.6 is 0 Å². The van der Waals surface area contributed by atoms with Crippen molar-refractivity contribution in [2.45, 2.75) is 26.2 Å². The van der Waals surface area contributed by atoms with Crippen LogP contribution in [0.1, 0.15) is 25.3 Å². The second-order valence-electron chi connectivity index (χ2n) is 6.05. The van der Waals surface area contributed by atoms with Crippen molar-refractivity contribution in [3.8, 4) is 5.75 Å². The third kappa shape index (κ3) is 5.92. The lowest BCUT2D eigenvalue weighted by molar-refractivity contribution is -0.134. The van der Waals surface area contributed by atoms with E-state index in [0.717, 1.165) is 12.0 Å². The van der Waals surface area contributed by atoms with Gasteiger partial charge in [0.15, 0.2) is 0 Å². The third-order valence-electron chi connectivity index (χ3n) is 4.03. The van der Waals surface area contributed by atoms with Crippen molar-refractivity contribution in [1.82, 2.24) is 4.90 Å². The number of carbonyl (C=O) groups excluding carboxylic acids is 2. The van der Waals surface area contributed by atoms with Crippen molar-refractivity contribution in [2.24, 2.45) is 0 Å². The average Bonchev–Trinajstić information content (AvgIpc) is 2.67. The van der Waals surface area contributed by atoms with E-state index in [2.05, 4.69) is 5.32 Å². The van der Waals surface area contributed by atoms with Crippen molar-refractivity contribution < 1.29 is 14.3 Å². The monoisotopic (exact) mass is 354 g/mol. The van der Waals surface area contributed by atoms with E-state index in [1.807, 2.05) is 49.4 Å². The van der Waals surface area contributed by atoms with Gasteiger partial charge in [0.05, 0.1) is 19.3 Å². The minimum Gasteiger partial charge on any atom is -0.495 e. The highest BCUT2D eigenvalue weighted by Crippen LogP contribution is 2.22. The number of amides is 2. The summed E-state index contributed by atoms with van der Waals surface area (Å²) in [6, 6.07) is 17.1. The molecule has 0 atom stereocenters. The van der Waals surface area contributed by atoms with Gasteiger partial charge in [0.25, 0.3) is 0 Å². The topological polar surface area (TPSA) is 58.6 Å². The highest BCUT2D eigenvalue weighted by atomic mass is 16.5. The fraction of sp³-hybridized carbons (Fsp3) is 0.333. The zero-order valence-corrected chi connectivity index (χ0v) is 15.4. The zero-order chi connectivity index (χ0) is 18.8. The molecule has 0 aliphatic carbocycles. The first kappa shape index (κ1) is 19.5. The van der Waals surface area contributed by atoms with Crippen LogP contribution in [0.15, 0.2) is 54.6 Å². The maximum Gasteiger partial charge on any atom is 0.244 e. The Hall–Kier alpha value is -2.82. The molecule has 0 aliphatic rings. The number of anilines is 1.